The third-order valence-corrected chi connectivity index (χ3v) is 3.80. The molecule has 1 aromatic carbocycles. The monoisotopic (exact) mass is 262 g/mol. The summed E-state index contributed by atoms with van der Waals surface area (Å²) in [7, 11) is 1.60. The first-order valence-corrected chi connectivity index (χ1v) is 6.98. The Morgan fingerprint density at radius 2 is 2.00 bits per heavy atom. The average Bonchev–Trinajstić information content (AvgIpc) is 2.46. The fourth-order valence-corrected chi connectivity index (χ4v) is 2.47. The van der Waals surface area contributed by atoms with Crippen LogP contribution in [0.4, 0.5) is 0 Å². The number of ketones is 1. The topological polar surface area (TPSA) is 35.5 Å². The van der Waals surface area contributed by atoms with Gasteiger partial charge in [0, 0.05) is 5.56 Å². The lowest BCUT2D eigenvalue weighted by Crippen LogP contribution is -2.23. The van der Waals surface area contributed by atoms with E-state index >= 15 is 0 Å². The van der Waals surface area contributed by atoms with E-state index in [2.05, 4.69) is 6.92 Å². The summed E-state index contributed by atoms with van der Waals surface area (Å²) in [6, 6.07) is 7.22. The van der Waals surface area contributed by atoms with Gasteiger partial charge in [-0.3, -0.25) is 4.79 Å². The molecule has 2 rings (SSSR count). The van der Waals surface area contributed by atoms with Gasteiger partial charge in [-0.25, -0.2) is 0 Å². The molecule has 0 N–H and O–H groups in total. The summed E-state index contributed by atoms with van der Waals surface area (Å²) < 4.78 is 10.8. The van der Waals surface area contributed by atoms with Crippen LogP contribution in [-0.2, 0) is 4.74 Å². The summed E-state index contributed by atoms with van der Waals surface area (Å²) in [5.41, 5.74) is 0.656. The van der Waals surface area contributed by atoms with E-state index in [0.717, 1.165) is 18.8 Å². The van der Waals surface area contributed by atoms with Gasteiger partial charge in [-0.1, -0.05) is 19.1 Å². The summed E-state index contributed by atoms with van der Waals surface area (Å²) in [4.78, 5) is 12.0. The highest BCUT2D eigenvalue weighted by molar-refractivity contribution is 5.97. The number of Topliss-reactive ketones (excluding diaryl/α,β-unsaturated/α-hetero) is 1. The van der Waals surface area contributed by atoms with Crippen molar-refractivity contribution in [3.05, 3.63) is 29.8 Å². The van der Waals surface area contributed by atoms with Crippen LogP contribution in [0.15, 0.2) is 24.3 Å². The van der Waals surface area contributed by atoms with Gasteiger partial charge in [-0.05, 0) is 43.7 Å². The smallest absolute Gasteiger partial charge is 0.188 e. The molecule has 3 nitrogen and oxygen atoms in total. The largest absolute Gasteiger partial charge is 0.497 e. The molecule has 1 aliphatic carbocycles. The van der Waals surface area contributed by atoms with Gasteiger partial charge >= 0.3 is 0 Å². The van der Waals surface area contributed by atoms with Crippen LogP contribution in [0.2, 0.25) is 0 Å². The van der Waals surface area contributed by atoms with E-state index in [1.54, 1.807) is 19.2 Å². The molecule has 0 atom stereocenters. The van der Waals surface area contributed by atoms with Crippen molar-refractivity contribution >= 4 is 5.78 Å². The van der Waals surface area contributed by atoms with Crippen LogP contribution < -0.4 is 4.74 Å². The Kier molecular flexibility index (Phi) is 4.97. The summed E-state index contributed by atoms with van der Waals surface area (Å²) in [5.74, 6) is 1.53. The Balaban J connectivity index is 1.83. The van der Waals surface area contributed by atoms with Crippen molar-refractivity contribution in [2.75, 3.05) is 13.7 Å². The van der Waals surface area contributed by atoms with Crippen LogP contribution in [0.25, 0.3) is 0 Å². The van der Waals surface area contributed by atoms with Gasteiger partial charge in [0.1, 0.15) is 12.4 Å². The molecule has 0 aromatic heterocycles. The molecule has 1 aromatic rings. The maximum atomic E-state index is 12.0. The average molecular weight is 262 g/mol. The van der Waals surface area contributed by atoms with Crippen LogP contribution in [0.1, 0.15) is 43.0 Å². The first-order chi connectivity index (χ1) is 9.19. The van der Waals surface area contributed by atoms with Crippen molar-refractivity contribution in [3.63, 3.8) is 0 Å². The Hall–Kier alpha value is -1.35. The van der Waals surface area contributed by atoms with Gasteiger partial charge in [-0.2, -0.15) is 0 Å². The number of benzene rings is 1. The number of methoxy groups -OCH3 is 1. The standard InChI is InChI=1S/C16H22O3/c1-12-6-8-14(9-7-12)19-11-16(17)13-4-3-5-15(10-13)18-2/h3-5,10,12,14H,6-9,11H2,1-2H3. The van der Waals surface area contributed by atoms with Gasteiger partial charge in [0.05, 0.1) is 13.2 Å². The third-order valence-electron chi connectivity index (χ3n) is 3.80. The molecule has 0 unspecified atom stereocenters. The van der Waals surface area contributed by atoms with Crippen molar-refractivity contribution < 1.29 is 14.3 Å². The summed E-state index contributed by atoms with van der Waals surface area (Å²) >= 11 is 0. The molecule has 3 heteroatoms. The van der Waals surface area contributed by atoms with Gasteiger partial charge in [0.2, 0.25) is 0 Å². The van der Waals surface area contributed by atoms with Crippen molar-refractivity contribution in [2.45, 2.75) is 38.7 Å². The second-order valence-electron chi connectivity index (χ2n) is 5.35. The van der Waals surface area contributed by atoms with E-state index in [1.807, 2.05) is 12.1 Å². The highest BCUT2D eigenvalue weighted by atomic mass is 16.5. The first-order valence-electron chi connectivity index (χ1n) is 6.98. The van der Waals surface area contributed by atoms with Crippen LogP contribution in [0.5, 0.6) is 5.75 Å². The Bertz CT molecular complexity index is 420. The van der Waals surface area contributed by atoms with Crippen molar-refractivity contribution in [1.82, 2.24) is 0 Å². The lowest BCUT2D eigenvalue weighted by Gasteiger charge is -2.25. The molecule has 1 fully saturated rings. The minimum Gasteiger partial charge on any atom is -0.497 e. The highest BCUT2D eigenvalue weighted by Crippen LogP contribution is 2.25. The number of hydrogen-bond acceptors (Lipinski definition) is 3. The van der Waals surface area contributed by atoms with E-state index in [1.165, 1.54) is 12.8 Å². The lowest BCUT2D eigenvalue weighted by molar-refractivity contribution is 0.0217. The fourth-order valence-electron chi connectivity index (χ4n) is 2.47. The van der Waals surface area contributed by atoms with E-state index in [4.69, 9.17) is 9.47 Å². The number of ether oxygens (including phenoxy) is 2. The van der Waals surface area contributed by atoms with E-state index in [9.17, 15) is 4.79 Å². The molecule has 0 aliphatic heterocycles. The minimum absolute atomic E-state index is 0.0255. The molecular formula is C16H22O3. The molecule has 1 aliphatic rings. The van der Waals surface area contributed by atoms with E-state index < -0.39 is 0 Å². The lowest BCUT2D eigenvalue weighted by atomic mass is 9.89. The molecule has 0 saturated heterocycles. The second-order valence-corrected chi connectivity index (χ2v) is 5.35. The van der Waals surface area contributed by atoms with Crippen molar-refractivity contribution in [1.29, 1.82) is 0 Å². The number of rotatable bonds is 5. The molecule has 0 heterocycles. The van der Waals surface area contributed by atoms with Crippen LogP contribution in [-0.4, -0.2) is 25.6 Å². The van der Waals surface area contributed by atoms with Crippen LogP contribution in [0, 0.1) is 5.92 Å². The highest BCUT2D eigenvalue weighted by Gasteiger charge is 2.19. The quantitative estimate of drug-likeness (QED) is 0.762. The summed E-state index contributed by atoms with van der Waals surface area (Å²) in [5, 5.41) is 0. The zero-order chi connectivity index (χ0) is 13.7. The molecule has 19 heavy (non-hydrogen) atoms. The maximum absolute atomic E-state index is 12.0. The second kappa shape index (κ2) is 6.71. The SMILES string of the molecule is COc1cccc(C(=O)COC2CCC(C)CC2)c1. The molecule has 0 bridgehead atoms. The molecule has 0 radical (unpaired) electrons. The van der Waals surface area contributed by atoms with Crippen LogP contribution in [0.3, 0.4) is 0 Å². The number of hydrogen-bond donors (Lipinski definition) is 0. The Morgan fingerprint density at radius 1 is 1.26 bits per heavy atom. The molecule has 1 saturated carbocycles. The normalized spacial score (nSPS) is 23.1. The minimum atomic E-state index is 0.0255. The Labute approximate surface area is 114 Å². The molecule has 104 valence electrons. The Morgan fingerprint density at radius 3 is 2.68 bits per heavy atom. The summed E-state index contributed by atoms with van der Waals surface area (Å²) in [6.07, 6.45) is 4.82. The zero-order valence-corrected chi connectivity index (χ0v) is 11.7. The van der Waals surface area contributed by atoms with Gasteiger partial charge in [0.25, 0.3) is 0 Å². The van der Waals surface area contributed by atoms with Gasteiger partial charge < -0.3 is 9.47 Å². The predicted octanol–water partition coefficient (Wildman–Crippen LogP) is 3.47. The zero-order valence-electron chi connectivity index (χ0n) is 11.7. The fraction of sp³-hybridized carbons (Fsp3) is 0.562. The van der Waals surface area contributed by atoms with Gasteiger partial charge in [0.15, 0.2) is 5.78 Å². The first kappa shape index (κ1) is 14.1. The molecular weight excluding hydrogens is 240 g/mol. The third kappa shape index (κ3) is 4.06. The van der Waals surface area contributed by atoms with Crippen molar-refractivity contribution in [3.8, 4) is 5.75 Å². The number of carbonyl (C=O) groups is 1. The maximum Gasteiger partial charge on any atom is 0.188 e. The molecule has 0 spiro atoms. The van der Waals surface area contributed by atoms with Crippen molar-refractivity contribution in [2.24, 2.45) is 5.92 Å². The van der Waals surface area contributed by atoms with E-state index in [0.29, 0.717) is 11.3 Å². The van der Waals surface area contributed by atoms with E-state index in [-0.39, 0.29) is 18.5 Å². The predicted molar refractivity (Wildman–Crippen MR) is 74.7 cm³/mol. The number of carbonyl (C=O) groups excluding carboxylic acids is 1. The van der Waals surface area contributed by atoms with Crippen LogP contribution >= 0.6 is 0 Å². The molecule has 0 amide bonds. The summed E-state index contributed by atoms with van der Waals surface area (Å²) in [6.45, 7) is 2.45. The van der Waals surface area contributed by atoms with Gasteiger partial charge in [-0.15, -0.1) is 0 Å².